The van der Waals surface area contributed by atoms with Gasteiger partial charge in [-0.1, -0.05) is 36.4 Å². The first kappa shape index (κ1) is 24.1. The van der Waals surface area contributed by atoms with Crippen LogP contribution in [0.5, 0.6) is 0 Å². The molecule has 13 heteroatoms. The molecule has 0 spiro atoms. The third-order valence-corrected chi connectivity index (χ3v) is 6.08. The average molecular weight is 502 g/mol. The largest absolute Gasteiger partial charge is 0.523 e. The fourth-order valence-corrected chi connectivity index (χ4v) is 4.05. The van der Waals surface area contributed by atoms with Crippen molar-refractivity contribution in [2.75, 3.05) is 6.61 Å². The Kier molecular flexibility index (Phi) is 6.62. The van der Waals surface area contributed by atoms with Crippen LogP contribution in [0.15, 0.2) is 60.7 Å². The van der Waals surface area contributed by atoms with E-state index in [4.69, 9.17) is 18.9 Å². The van der Waals surface area contributed by atoms with Crippen LogP contribution in [0.1, 0.15) is 20.7 Å². The lowest BCUT2D eigenvalue weighted by Crippen LogP contribution is -2.59. The highest BCUT2D eigenvalue weighted by molar-refractivity contribution is 7.87. The highest BCUT2D eigenvalue weighted by Gasteiger charge is 2.59. The lowest BCUT2D eigenvalue weighted by Gasteiger charge is -2.38. The number of carbonyl (C=O) groups excluding carboxylic acids is 2. The van der Waals surface area contributed by atoms with Gasteiger partial charge < -0.3 is 18.9 Å². The molecule has 9 nitrogen and oxygen atoms in total. The topological polar surface area (TPSA) is 114 Å². The van der Waals surface area contributed by atoms with Crippen molar-refractivity contribution in [1.29, 1.82) is 0 Å². The number of esters is 2. The molecule has 0 amide bonds. The van der Waals surface area contributed by atoms with Gasteiger partial charge in [-0.05, 0) is 24.3 Å². The summed E-state index contributed by atoms with van der Waals surface area (Å²) in [5.74, 6) is -1.91. The fourth-order valence-electron chi connectivity index (χ4n) is 3.45. The maximum absolute atomic E-state index is 13.0. The minimum atomic E-state index is -6.15. The van der Waals surface area contributed by atoms with Crippen molar-refractivity contribution in [2.24, 2.45) is 0 Å². The first-order valence-electron chi connectivity index (χ1n) is 9.85. The van der Waals surface area contributed by atoms with Crippen LogP contribution in [-0.4, -0.2) is 63.2 Å². The Morgan fingerprint density at radius 3 is 1.82 bits per heavy atom. The van der Waals surface area contributed by atoms with Crippen LogP contribution in [0.4, 0.5) is 13.2 Å². The minimum absolute atomic E-state index is 0.0211. The molecular formula is C21H17F3O9S. The monoisotopic (exact) mass is 502 g/mol. The molecule has 34 heavy (non-hydrogen) atoms. The van der Waals surface area contributed by atoms with Gasteiger partial charge in [0.25, 0.3) is 0 Å². The third kappa shape index (κ3) is 4.92. The van der Waals surface area contributed by atoms with Crippen LogP contribution in [0.2, 0.25) is 0 Å². The molecule has 2 saturated heterocycles. The standard InChI is InChI=1S/C21H17F3O9S/c22-21(23,24)34(27,28)33-17-16(32-19(26)13-9-5-2-6-10-13)15(14-11-29-20(17)30-14)31-18(25)12-7-3-1-4-8-12/h1-10,14-17,20H,11H2/t14-,15+,16-,17+,20-/m0/s1. The number of benzene rings is 2. The molecular weight excluding hydrogens is 485 g/mol. The van der Waals surface area contributed by atoms with Crippen LogP contribution in [-0.2, 0) is 33.2 Å². The first-order valence-corrected chi connectivity index (χ1v) is 11.3. The molecule has 2 aliphatic heterocycles. The number of hydrogen-bond acceptors (Lipinski definition) is 9. The molecule has 0 saturated carbocycles. The highest BCUT2D eigenvalue weighted by atomic mass is 32.2. The molecule has 182 valence electrons. The number of halogens is 3. The van der Waals surface area contributed by atoms with Crippen LogP contribution in [0, 0.1) is 0 Å². The van der Waals surface area contributed by atoms with Crippen molar-refractivity contribution < 1.29 is 54.3 Å². The zero-order chi connectivity index (χ0) is 24.5. The van der Waals surface area contributed by atoms with Crippen molar-refractivity contribution in [3.63, 3.8) is 0 Å². The maximum Gasteiger partial charge on any atom is 0.523 e. The number of rotatable bonds is 6. The number of carbonyl (C=O) groups is 2. The summed E-state index contributed by atoms with van der Waals surface area (Å²) in [6.07, 6.45) is -8.12. The SMILES string of the molecule is O=C(O[C@@H]1[C@@H](OS(=O)(=O)C(F)(F)F)[C@H]2OC[C@H](O2)[C@H]1OC(=O)c1ccccc1)c1ccccc1. The molecule has 2 aromatic carbocycles. The van der Waals surface area contributed by atoms with Gasteiger partial charge in [0.15, 0.2) is 24.6 Å². The Balaban J connectivity index is 1.67. The summed E-state index contributed by atoms with van der Waals surface area (Å²) >= 11 is 0. The van der Waals surface area contributed by atoms with Gasteiger partial charge in [0.1, 0.15) is 6.10 Å². The van der Waals surface area contributed by atoms with Crippen LogP contribution >= 0.6 is 0 Å². The smallest absolute Gasteiger partial charge is 0.452 e. The van der Waals surface area contributed by atoms with Crippen LogP contribution in [0.25, 0.3) is 0 Å². The van der Waals surface area contributed by atoms with E-state index in [0.29, 0.717) is 0 Å². The van der Waals surface area contributed by atoms with E-state index in [1.807, 2.05) is 0 Å². The average Bonchev–Trinajstić information content (AvgIpc) is 3.25. The summed E-state index contributed by atoms with van der Waals surface area (Å²) in [7, 11) is -6.15. The van der Waals surface area contributed by atoms with E-state index in [1.54, 1.807) is 24.3 Å². The Labute approximate surface area is 191 Å². The molecule has 0 aromatic heterocycles. The molecule has 4 rings (SSSR count). The molecule has 0 radical (unpaired) electrons. The summed E-state index contributed by atoms with van der Waals surface area (Å²) in [4.78, 5) is 25.3. The zero-order valence-corrected chi connectivity index (χ0v) is 17.9. The Morgan fingerprint density at radius 1 is 0.824 bits per heavy atom. The molecule has 0 aliphatic carbocycles. The van der Waals surface area contributed by atoms with Crippen molar-refractivity contribution in [2.45, 2.75) is 36.2 Å². The number of fused-ring (bicyclic) bond motifs is 2. The summed E-state index contributed by atoms with van der Waals surface area (Å²) in [6.45, 7) is -0.275. The van der Waals surface area contributed by atoms with E-state index < -0.39 is 58.3 Å². The Morgan fingerprint density at radius 2 is 1.32 bits per heavy atom. The normalized spacial score (nSPS) is 26.6. The van der Waals surface area contributed by atoms with E-state index in [2.05, 4.69) is 4.18 Å². The lowest BCUT2D eigenvalue weighted by atomic mass is 10.00. The Hall–Kier alpha value is -3.00. The second-order valence-corrected chi connectivity index (χ2v) is 8.87. The molecule has 2 aromatic rings. The maximum atomic E-state index is 13.0. The molecule has 2 bridgehead atoms. The van der Waals surface area contributed by atoms with Crippen LogP contribution < -0.4 is 0 Å². The van der Waals surface area contributed by atoms with Gasteiger partial charge in [-0.15, -0.1) is 0 Å². The molecule has 0 unspecified atom stereocenters. The Bertz CT molecular complexity index is 1140. The predicted octanol–water partition coefficient (Wildman–Crippen LogP) is 2.43. The van der Waals surface area contributed by atoms with Gasteiger partial charge in [0, 0.05) is 0 Å². The number of ether oxygens (including phenoxy) is 4. The van der Waals surface area contributed by atoms with E-state index >= 15 is 0 Å². The second kappa shape index (κ2) is 9.33. The first-order chi connectivity index (χ1) is 16.1. The van der Waals surface area contributed by atoms with Gasteiger partial charge in [-0.2, -0.15) is 21.6 Å². The van der Waals surface area contributed by atoms with E-state index in [-0.39, 0.29) is 17.7 Å². The minimum Gasteiger partial charge on any atom is -0.452 e. The molecule has 0 N–H and O–H groups in total. The van der Waals surface area contributed by atoms with Crippen molar-refractivity contribution >= 4 is 22.1 Å². The molecule has 5 atom stereocenters. The summed E-state index contributed by atoms with van der Waals surface area (Å²) in [5, 5.41) is 0. The summed E-state index contributed by atoms with van der Waals surface area (Å²) < 4.78 is 88.3. The molecule has 2 aliphatic rings. The van der Waals surface area contributed by atoms with Crippen LogP contribution in [0.3, 0.4) is 0 Å². The predicted molar refractivity (Wildman–Crippen MR) is 106 cm³/mol. The van der Waals surface area contributed by atoms with Gasteiger partial charge in [0.2, 0.25) is 0 Å². The van der Waals surface area contributed by atoms with Gasteiger partial charge in [-0.3, -0.25) is 4.18 Å². The van der Waals surface area contributed by atoms with Gasteiger partial charge >= 0.3 is 27.6 Å². The summed E-state index contributed by atoms with van der Waals surface area (Å²) in [5.41, 5.74) is -5.66. The van der Waals surface area contributed by atoms with Gasteiger partial charge in [0.05, 0.1) is 17.7 Å². The summed E-state index contributed by atoms with van der Waals surface area (Å²) in [6, 6.07) is 15.0. The quantitative estimate of drug-likeness (QED) is 0.334. The lowest BCUT2D eigenvalue weighted by molar-refractivity contribution is -0.222. The van der Waals surface area contributed by atoms with Crippen molar-refractivity contribution in [1.82, 2.24) is 0 Å². The second-order valence-electron chi connectivity index (χ2n) is 7.31. The zero-order valence-electron chi connectivity index (χ0n) is 17.1. The fraction of sp³-hybridized carbons (Fsp3) is 0.333. The van der Waals surface area contributed by atoms with Crippen molar-refractivity contribution in [3.05, 3.63) is 71.8 Å². The van der Waals surface area contributed by atoms with E-state index in [0.717, 1.165) is 0 Å². The van der Waals surface area contributed by atoms with Gasteiger partial charge in [-0.25, -0.2) is 9.59 Å². The van der Waals surface area contributed by atoms with Crippen molar-refractivity contribution in [3.8, 4) is 0 Å². The molecule has 2 heterocycles. The van der Waals surface area contributed by atoms with E-state index in [1.165, 1.54) is 36.4 Å². The molecule has 2 fully saturated rings. The third-order valence-electron chi connectivity index (χ3n) is 5.04. The highest BCUT2D eigenvalue weighted by Crippen LogP contribution is 2.37. The van der Waals surface area contributed by atoms with E-state index in [9.17, 15) is 31.2 Å². The number of hydrogen-bond donors (Lipinski definition) is 0. The number of alkyl halides is 3.